The second kappa shape index (κ2) is 12.2. The van der Waals surface area contributed by atoms with Crippen LogP contribution in [0.2, 0.25) is 0 Å². The fourth-order valence-electron chi connectivity index (χ4n) is 6.06. The average molecular weight is 476 g/mol. The Morgan fingerprint density at radius 1 is 1.03 bits per heavy atom. The number of nitriles is 1. The summed E-state index contributed by atoms with van der Waals surface area (Å²) in [6.07, 6.45) is 11.4. The van der Waals surface area contributed by atoms with E-state index in [0.717, 1.165) is 38.8 Å². The van der Waals surface area contributed by atoms with Gasteiger partial charge in [-0.1, -0.05) is 44.9 Å². The maximum absolute atomic E-state index is 13.4. The third-order valence-electron chi connectivity index (χ3n) is 8.00. The molecule has 2 atom stereocenters. The van der Waals surface area contributed by atoms with E-state index < -0.39 is 17.7 Å². The molecule has 0 bridgehead atoms. The summed E-state index contributed by atoms with van der Waals surface area (Å²) in [7, 11) is 0. The van der Waals surface area contributed by atoms with Crippen LogP contribution < -0.4 is 10.6 Å². The fraction of sp³-hybridized carbons (Fsp3) is 0.880. The van der Waals surface area contributed by atoms with Crippen molar-refractivity contribution < 1.29 is 19.2 Å². The first-order valence-corrected chi connectivity index (χ1v) is 13.3. The highest BCUT2D eigenvalue weighted by atomic mass is 16.7. The van der Waals surface area contributed by atoms with Crippen molar-refractivity contribution in [1.29, 1.82) is 5.26 Å². The predicted octanol–water partition coefficient (Wildman–Crippen LogP) is 2.57. The molecule has 0 aromatic heterocycles. The largest absolute Gasteiger partial charge is 0.426 e. The first-order chi connectivity index (χ1) is 16.5. The smallest absolute Gasteiger partial charge is 0.379 e. The standard InChI is InChI=1S/C25H41N5O4/c26-18-25(10-11-29(19-25)17-21-8-4-5-9-21)28-23(31)22(16-20-6-2-1-3-7-20)27-24(32)34-30-12-14-33-15-13-30/h20-22H,1-17,19H2,(H,27,32)(H,28,31). The number of morpholine rings is 1. The summed E-state index contributed by atoms with van der Waals surface area (Å²) >= 11 is 0. The van der Waals surface area contributed by atoms with Gasteiger partial charge in [0, 0.05) is 19.6 Å². The van der Waals surface area contributed by atoms with Crippen molar-refractivity contribution in [3.8, 4) is 6.07 Å². The molecule has 34 heavy (non-hydrogen) atoms. The topological polar surface area (TPSA) is 107 Å². The molecule has 2 aliphatic carbocycles. The van der Waals surface area contributed by atoms with Crippen LogP contribution in [0, 0.1) is 23.2 Å². The molecule has 2 heterocycles. The van der Waals surface area contributed by atoms with Crippen molar-refractivity contribution in [1.82, 2.24) is 20.6 Å². The van der Waals surface area contributed by atoms with Gasteiger partial charge in [-0.3, -0.25) is 9.69 Å². The molecule has 2 aliphatic heterocycles. The normalized spacial score (nSPS) is 28.3. The van der Waals surface area contributed by atoms with Gasteiger partial charge in [-0.2, -0.15) is 5.26 Å². The van der Waals surface area contributed by atoms with Gasteiger partial charge < -0.3 is 20.2 Å². The third kappa shape index (κ3) is 7.06. The number of rotatable bonds is 8. The zero-order chi connectivity index (χ0) is 23.8. The molecule has 4 aliphatic rings. The van der Waals surface area contributed by atoms with Crippen LogP contribution in [0.25, 0.3) is 0 Å². The summed E-state index contributed by atoms with van der Waals surface area (Å²) in [5, 5.41) is 17.5. The molecule has 4 fully saturated rings. The Bertz CT molecular complexity index is 725. The highest BCUT2D eigenvalue weighted by Gasteiger charge is 2.42. The number of hydroxylamine groups is 2. The molecule has 4 rings (SSSR count). The SMILES string of the molecule is N#CC1(NC(=O)C(CC2CCCCC2)NC(=O)ON2CCOCC2)CCN(CC2CCCC2)C1. The zero-order valence-electron chi connectivity index (χ0n) is 20.4. The van der Waals surface area contributed by atoms with Crippen molar-refractivity contribution in [3.05, 3.63) is 0 Å². The molecule has 2 saturated carbocycles. The Kier molecular flexibility index (Phi) is 9.04. The van der Waals surface area contributed by atoms with Crippen molar-refractivity contribution in [2.45, 2.75) is 82.2 Å². The van der Waals surface area contributed by atoms with Crippen molar-refractivity contribution in [3.63, 3.8) is 0 Å². The second-order valence-electron chi connectivity index (χ2n) is 10.7. The average Bonchev–Trinajstić information content (AvgIpc) is 3.50. The van der Waals surface area contributed by atoms with E-state index in [1.807, 2.05) is 0 Å². The first kappa shape index (κ1) is 25.2. The van der Waals surface area contributed by atoms with Gasteiger partial charge in [0.05, 0.1) is 32.4 Å². The highest BCUT2D eigenvalue weighted by Crippen LogP contribution is 2.30. The molecule has 2 amide bonds. The number of carbonyl (C=O) groups is 2. The van der Waals surface area contributed by atoms with Crippen molar-refractivity contribution in [2.24, 2.45) is 11.8 Å². The molecule has 2 N–H and O–H groups in total. The number of hydrogen-bond acceptors (Lipinski definition) is 7. The Labute approximate surface area is 203 Å². The van der Waals surface area contributed by atoms with E-state index >= 15 is 0 Å². The summed E-state index contributed by atoms with van der Waals surface area (Å²) in [6.45, 7) is 4.45. The van der Waals surface area contributed by atoms with Crippen LogP contribution in [-0.2, 0) is 14.4 Å². The van der Waals surface area contributed by atoms with Gasteiger partial charge in [0.2, 0.25) is 5.91 Å². The lowest BCUT2D eigenvalue weighted by atomic mass is 9.84. The third-order valence-corrected chi connectivity index (χ3v) is 8.00. The van der Waals surface area contributed by atoms with E-state index in [4.69, 9.17) is 9.57 Å². The van der Waals surface area contributed by atoms with Crippen LogP contribution in [0.4, 0.5) is 4.79 Å². The molecule has 0 aromatic rings. The second-order valence-corrected chi connectivity index (χ2v) is 10.7. The van der Waals surface area contributed by atoms with E-state index in [0.29, 0.717) is 57.5 Å². The first-order valence-electron chi connectivity index (χ1n) is 13.3. The van der Waals surface area contributed by atoms with E-state index in [1.54, 1.807) is 5.06 Å². The van der Waals surface area contributed by atoms with Crippen molar-refractivity contribution in [2.75, 3.05) is 45.9 Å². The maximum Gasteiger partial charge on any atom is 0.426 e. The Hall–Kier alpha value is -1.89. The summed E-state index contributed by atoms with van der Waals surface area (Å²) < 4.78 is 5.30. The summed E-state index contributed by atoms with van der Waals surface area (Å²) in [5.41, 5.74) is -0.893. The molecule has 9 nitrogen and oxygen atoms in total. The molecule has 0 spiro atoms. The van der Waals surface area contributed by atoms with Crippen LogP contribution in [0.1, 0.15) is 70.6 Å². The minimum absolute atomic E-state index is 0.270. The maximum atomic E-state index is 13.4. The quantitative estimate of drug-likeness (QED) is 0.556. The van der Waals surface area contributed by atoms with Crippen LogP contribution >= 0.6 is 0 Å². The van der Waals surface area contributed by atoms with Crippen molar-refractivity contribution >= 4 is 12.0 Å². The molecular weight excluding hydrogens is 434 g/mol. The number of hydrogen-bond donors (Lipinski definition) is 2. The number of ether oxygens (including phenoxy) is 1. The highest BCUT2D eigenvalue weighted by molar-refractivity contribution is 5.86. The van der Waals surface area contributed by atoms with Gasteiger partial charge in [0.1, 0.15) is 11.6 Å². The van der Waals surface area contributed by atoms with Gasteiger partial charge in [0.25, 0.3) is 0 Å². The lowest BCUT2D eigenvalue weighted by Crippen LogP contribution is -2.57. The van der Waals surface area contributed by atoms with Gasteiger partial charge in [-0.25, -0.2) is 4.79 Å². The van der Waals surface area contributed by atoms with E-state index in [1.165, 1.54) is 32.1 Å². The molecule has 9 heteroatoms. The van der Waals surface area contributed by atoms with Gasteiger partial charge in [0.15, 0.2) is 0 Å². The molecular formula is C25H41N5O4. The lowest BCUT2D eigenvalue weighted by Gasteiger charge is -2.31. The lowest BCUT2D eigenvalue weighted by molar-refractivity contribution is -0.147. The number of carbonyl (C=O) groups excluding carboxylic acids is 2. The van der Waals surface area contributed by atoms with E-state index in [-0.39, 0.29) is 5.91 Å². The number of amides is 2. The summed E-state index contributed by atoms with van der Waals surface area (Å²) in [4.78, 5) is 33.8. The van der Waals surface area contributed by atoms with Crippen LogP contribution in [0.15, 0.2) is 0 Å². The monoisotopic (exact) mass is 475 g/mol. The van der Waals surface area contributed by atoms with Gasteiger partial charge >= 0.3 is 6.09 Å². The number of nitrogens with zero attached hydrogens (tertiary/aromatic N) is 3. The van der Waals surface area contributed by atoms with Crippen LogP contribution in [-0.4, -0.2) is 79.5 Å². The summed E-state index contributed by atoms with van der Waals surface area (Å²) in [6, 6.07) is 1.70. The Morgan fingerprint density at radius 2 is 1.71 bits per heavy atom. The minimum Gasteiger partial charge on any atom is -0.379 e. The molecule has 0 radical (unpaired) electrons. The van der Waals surface area contributed by atoms with E-state index in [9.17, 15) is 14.9 Å². The van der Waals surface area contributed by atoms with E-state index in [2.05, 4.69) is 21.6 Å². The molecule has 2 saturated heterocycles. The van der Waals surface area contributed by atoms with Crippen LogP contribution in [0.3, 0.4) is 0 Å². The fourth-order valence-corrected chi connectivity index (χ4v) is 6.06. The predicted molar refractivity (Wildman–Crippen MR) is 126 cm³/mol. The number of nitrogens with one attached hydrogen (secondary N) is 2. The molecule has 190 valence electrons. The summed E-state index contributed by atoms with van der Waals surface area (Å²) in [5.74, 6) is 0.836. The minimum atomic E-state index is -0.893. The van der Waals surface area contributed by atoms with Gasteiger partial charge in [-0.05, 0) is 37.5 Å². The Balaban J connectivity index is 1.35. The van der Waals surface area contributed by atoms with Crippen LogP contribution in [0.5, 0.6) is 0 Å². The number of likely N-dealkylation sites (tertiary alicyclic amines) is 1. The molecule has 0 aromatic carbocycles. The molecule has 2 unspecified atom stereocenters. The Morgan fingerprint density at radius 3 is 2.41 bits per heavy atom. The zero-order valence-corrected chi connectivity index (χ0v) is 20.4. The van der Waals surface area contributed by atoms with Gasteiger partial charge in [-0.15, -0.1) is 5.06 Å².